The van der Waals surface area contributed by atoms with Gasteiger partial charge in [-0.25, -0.2) is 0 Å². The van der Waals surface area contributed by atoms with Crippen molar-refractivity contribution in [3.05, 3.63) is 58.8 Å². The SMILES string of the molecule is COC(=O)CC1CCN(C(=O)COc2cc(O)c3c(=O)cc(-c4ccccc4)oc3c2)CC1. The van der Waals surface area contributed by atoms with Gasteiger partial charge >= 0.3 is 5.97 Å². The van der Waals surface area contributed by atoms with Gasteiger partial charge in [-0.05, 0) is 18.8 Å². The summed E-state index contributed by atoms with van der Waals surface area (Å²) in [5, 5.41) is 10.4. The highest BCUT2D eigenvalue weighted by molar-refractivity contribution is 5.86. The maximum absolute atomic E-state index is 12.6. The number of phenols is 1. The number of aromatic hydroxyl groups is 1. The van der Waals surface area contributed by atoms with Gasteiger partial charge in [-0.3, -0.25) is 14.4 Å². The zero-order valence-corrected chi connectivity index (χ0v) is 18.3. The number of phenolic OH excluding ortho intramolecular Hbond substituents is 1. The van der Waals surface area contributed by atoms with E-state index in [4.69, 9.17) is 13.9 Å². The lowest BCUT2D eigenvalue weighted by molar-refractivity contribution is -0.142. The summed E-state index contributed by atoms with van der Waals surface area (Å²) in [5.74, 6) is 0.109. The first-order valence-electron chi connectivity index (χ1n) is 10.8. The summed E-state index contributed by atoms with van der Waals surface area (Å²) in [6.45, 7) is 0.874. The standard InChI is InChI=1S/C25H25NO7/c1-31-24(30)11-16-7-9-26(10-8-16)23(29)15-32-18-12-19(27)25-20(28)14-21(33-22(25)13-18)17-5-3-2-4-6-17/h2-6,12-14,16,27H,7-11,15H2,1H3. The van der Waals surface area contributed by atoms with Gasteiger partial charge in [0.15, 0.2) is 12.0 Å². The molecule has 8 nitrogen and oxygen atoms in total. The molecule has 0 unspecified atom stereocenters. The fraction of sp³-hybridized carbons (Fsp3) is 0.320. The highest BCUT2D eigenvalue weighted by Crippen LogP contribution is 2.31. The third-order valence-electron chi connectivity index (χ3n) is 5.85. The number of piperidine rings is 1. The smallest absolute Gasteiger partial charge is 0.305 e. The molecule has 0 atom stereocenters. The number of fused-ring (bicyclic) bond motifs is 1. The Hall–Kier alpha value is -3.81. The van der Waals surface area contributed by atoms with Crippen molar-refractivity contribution in [3.63, 3.8) is 0 Å². The van der Waals surface area contributed by atoms with Gasteiger partial charge in [0, 0.05) is 43.3 Å². The summed E-state index contributed by atoms with van der Waals surface area (Å²) in [6, 6.07) is 13.3. The topological polar surface area (TPSA) is 106 Å². The first-order chi connectivity index (χ1) is 15.9. The average molecular weight is 451 g/mol. The minimum atomic E-state index is -0.370. The summed E-state index contributed by atoms with van der Waals surface area (Å²) in [6.07, 6.45) is 1.82. The summed E-state index contributed by atoms with van der Waals surface area (Å²) in [4.78, 5) is 38.2. The molecule has 0 radical (unpaired) electrons. The van der Waals surface area contributed by atoms with Crippen molar-refractivity contribution >= 4 is 22.8 Å². The number of amides is 1. The molecular weight excluding hydrogens is 426 g/mol. The third kappa shape index (κ3) is 5.16. The maximum atomic E-state index is 12.6. The predicted molar refractivity (Wildman–Crippen MR) is 121 cm³/mol. The Kier molecular flexibility index (Phi) is 6.63. The number of methoxy groups -OCH3 is 1. The van der Waals surface area contributed by atoms with Gasteiger partial charge in [0.1, 0.15) is 28.2 Å². The molecule has 1 amide bonds. The minimum absolute atomic E-state index is 0.0565. The Balaban J connectivity index is 1.44. The van der Waals surface area contributed by atoms with E-state index in [0.717, 1.165) is 18.4 Å². The fourth-order valence-corrected chi connectivity index (χ4v) is 4.01. The quantitative estimate of drug-likeness (QED) is 0.573. The van der Waals surface area contributed by atoms with Crippen molar-refractivity contribution in [1.29, 1.82) is 0 Å². The van der Waals surface area contributed by atoms with Crippen molar-refractivity contribution in [1.82, 2.24) is 4.90 Å². The number of esters is 1. The van der Waals surface area contributed by atoms with Gasteiger partial charge in [0.05, 0.1) is 7.11 Å². The highest BCUT2D eigenvalue weighted by Gasteiger charge is 2.25. The number of likely N-dealkylation sites (tertiary alicyclic amines) is 1. The third-order valence-corrected chi connectivity index (χ3v) is 5.85. The van der Waals surface area contributed by atoms with Crippen molar-refractivity contribution in [2.75, 3.05) is 26.8 Å². The van der Waals surface area contributed by atoms with Crippen LogP contribution in [0.15, 0.2) is 57.7 Å². The number of hydrogen-bond donors (Lipinski definition) is 1. The molecule has 4 rings (SSSR count). The van der Waals surface area contributed by atoms with Crippen molar-refractivity contribution in [3.8, 4) is 22.8 Å². The zero-order chi connectivity index (χ0) is 23.4. The number of carbonyl (C=O) groups excluding carboxylic acids is 2. The summed E-state index contributed by atoms with van der Waals surface area (Å²) in [5.41, 5.74) is 0.533. The summed E-state index contributed by atoms with van der Waals surface area (Å²) >= 11 is 0. The molecule has 1 aliphatic heterocycles. The van der Waals surface area contributed by atoms with E-state index in [1.54, 1.807) is 4.90 Å². The molecular formula is C25H25NO7. The molecule has 0 spiro atoms. The Morgan fingerprint density at radius 2 is 1.85 bits per heavy atom. The van der Waals surface area contributed by atoms with E-state index in [-0.39, 0.29) is 52.3 Å². The number of carbonyl (C=O) groups is 2. The lowest BCUT2D eigenvalue weighted by Crippen LogP contribution is -2.41. The van der Waals surface area contributed by atoms with Crippen molar-refractivity contribution in [2.24, 2.45) is 5.92 Å². The maximum Gasteiger partial charge on any atom is 0.305 e. The molecule has 2 aromatic carbocycles. The molecule has 1 saturated heterocycles. The minimum Gasteiger partial charge on any atom is -0.507 e. The Labute approximate surface area is 190 Å². The van der Waals surface area contributed by atoms with E-state index < -0.39 is 0 Å². The molecule has 172 valence electrons. The molecule has 1 aromatic heterocycles. The first-order valence-corrected chi connectivity index (χ1v) is 10.8. The van der Waals surface area contributed by atoms with Crippen LogP contribution >= 0.6 is 0 Å². The number of benzene rings is 2. The second-order valence-electron chi connectivity index (χ2n) is 8.05. The Morgan fingerprint density at radius 3 is 2.55 bits per heavy atom. The molecule has 0 aliphatic carbocycles. The predicted octanol–water partition coefficient (Wildman–Crippen LogP) is 3.35. The van der Waals surface area contributed by atoms with Gasteiger partial charge in [0.25, 0.3) is 5.91 Å². The van der Waals surface area contributed by atoms with E-state index in [9.17, 15) is 19.5 Å². The van der Waals surface area contributed by atoms with Gasteiger partial charge in [-0.2, -0.15) is 0 Å². The summed E-state index contributed by atoms with van der Waals surface area (Å²) < 4.78 is 16.2. The lowest BCUT2D eigenvalue weighted by atomic mass is 9.93. The molecule has 3 aromatic rings. The van der Waals surface area contributed by atoms with Crippen LogP contribution in [0, 0.1) is 5.92 Å². The van der Waals surface area contributed by atoms with Crippen LogP contribution in [0.25, 0.3) is 22.3 Å². The number of nitrogens with zero attached hydrogens (tertiary/aromatic N) is 1. The van der Waals surface area contributed by atoms with Gasteiger partial charge < -0.3 is 23.9 Å². The molecule has 1 fully saturated rings. The summed E-state index contributed by atoms with van der Waals surface area (Å²) in [7, 11) is 1.37. The van der Waals surface area contributed by atoms with E-state index >= 15 is 0 Å². The van der Waals surface area contributed by atoms with Crippen LogP contribution in [0.5, 0.6) is 11.5 Å². The van der Waals surface area contributed by atoms with Crippen LogP contribution in [-0.4, -0.2) is 48.7 Å². The van der Waals surface area contributed by atoms with E-state index in [2.05, 4.69) is 0 Å². The molecule has 2 heterocycles. The zero-order valence-electron chi connectivity index (χ0n) is 18.3. The normalized spacial score (nSPS) is 14.3. The van der Waals surface area contributed by atoms with Gasteiger partial charge in [-0.15, -0.1) is 0 Å². The van der Waals surface area contributed by atoms with Crippen molar-refractivity contribution < 1.29 is 28.6 Å². The Morgan fingerprint density at radius 1 is 1.12 bits per heavy atom. The highest BCUT2D eigenvalue weighted by atomic mass is 16.5. The number of ether oxygens (including phenoxy) is 2. The lowest BCUT2D eigenvalue weighted by Gasteiger charge is -2.31. The van der Waals surface area contributed by atoms with Crippen molar-refractivity contribution in [2.45, 2.75) is 19.3 Å². The number of rotatable bonds is 6. The molecule has 1 aliphatic rings. The molecule has 8 heteroatoms. The second-order valence-corrected chi connectivity index (χ2v) is 8.05. The molecule has 1 N–H and O–H groups in total. The van der Waals surface area contributed by atoms with Crippen LogP contribution < -0.4 is 10.2 Å². The monoisotopic (exact) mass is 451 g/mol. The first kappa shape index (κ1) is 22.4. The average Bonchev–Trinajstić information content (AvgIpc) is 2.83. The van der Waals surface area contributed by atoms with Crippen LogP contribution in [0.4, 0.5) is 0 Å². The van der Waals surface area contributed by atoms with E-state index in [1.165, 1.54) is 25.3 Å². The van der Waals surface area contributed by atoms with E-state index in [0.29, 0.717) is 25.3 Å². The number of hydrogen-bond acceptors (Lipinski definition) is 7. The molecule has 0 saturated carbocycles. The van der Waals surface area contributed by atoms with Crippen LogP contribution in [-0.2, 0) is 14.3 Å². The molecule has 0 bridgehead atoms. The van der Waals surface area contributed by atoms with Gasteiger partial charge in [0.2, 0.25) is 0 Å². The Bertz CT molecular complexity index is 1210. The second kappa shape index (κ2) is 9.77. The fourth-order valence-electron chi connectivity index (χ4n) is 4.01. The van der Waals surface area contributed by atoms with Crippen LogP contribution in [0.2, 0.25) is 0 Å². The molecule has 33 heavy (non-hydrogen) atoms. The van der Waals surface area contributed by atoms with Gasteiger partial charge in [-0.1, -0.05) is 30.3 Å². The largest absolute Gasteiger partial charge is 0.507 e. The van der Waals surface area contributed by atoms with Crippen LogP contribution in [0.1, 0.15) is 19.3 Å². The van der Waals surface area contributed by atoms with E-state index in [1.807, 2.05) is 30.3 Å². The van der Waals surface area contributed by atoms with Crippen LogP contribution in [0.3, 0.4) is 0 Å².